The molecule has 0 spiro atoms. The van der Waals surface area contributed by atoms with Gasteiger partial charge in [0, 0.05) is 0 Å². The molecule has 128 valence electrons. The molecular weight excluding hydrogens is 313 g/mol. The number of carbonyl (C=O) groups excluding carboxylic acids is 1. The second-order valence-electron chi connectivity index (χ2n) is 5.03. The zero-order valence-corrected chi connectivity index (χ0v) is 13.6. The first-order chi connectivity index (χ1) is 11.6. The highest BCUT2D eigenvalue weighted by Crippen LogP contribution is 2.16. The van der Waals surface area contributed by atoms with Gasteiger partial charge < -0.3 is 19.5 Å². The standard InChI is InChI=1S/C18H20FNO4/c1-13(24-17-5-3-14(19)4-6-17)18(21)20-11-12-23-16-9-7-15(22-2)8-10-16/h3-10,13H,11-12H2,1-2H3,(H,20,21)/t13-/m0/s1. The van der Waals surface area contributed by atoms with Crippen molar-refractivity contribution in [2.75, 3.05) is 20.3 Å². The average molecular weight is 333 g/mol. The van der Waals surface area contributed by atoms with Crippen LogP contribution in [0.25, 0.3) is 0 Å². The quantitative estimate of drug-likeness (QED) is 0.755. The molecule has 0 radical (unpaired) electrons. The van der Waals surface area contributed by atoms with Crippen LogP contribution < -0.4 is 19.5 Å². The van der Waals surface area contributed by atoms with Gasteiger partial charge in [0.25, 0.3) is 5.91 Å². The van der Waals surface area contributed by atoms with Crippen molar-refractivity contribution < 1.29 is 23.4 Å². The Morgan fingerprint density at radius 2 is 1.62 bits per heavy atom. The van der Waals surface area contributed by atoms with Crippen molar-refractivity contribution in [3.8, 4) is 17.2 Å². The van der Waals surface area contributed by atoms with Crippen LogP contribution in [0.3, 0.4) is 0 Å². The van der Waals surface area contributed by atoms with Gasteiger partial charge >= 0.3 is 0 Å². The Kier molecular flexibility index (Phi) is 6.42. The van der Waals surface area contributed by atoms with Crippen LogP contribution in [-0.2, 0) is 4.79 Å². The summed E-state index contributed by atoms with van der Waals surface area (Å²) < 4.78 is 28.8. The molecular formula is C18H20FNO4. The van der Waals surface area contributed by atoms with Gasteiger partial charge in [-0.15, -0.1) is 0 Å². The monoisotopic (exact) mass is 333 g/mol. The normalized spacial score (nSPS) is 11.5. The smallest absolute Gasteiger partial charge is 0.260 e. The van der Waals surface area contributed by atoms with Gasteiger partial charge in [0.2, 0.25) is 0 Å². The molecule has 0 aliphatic carbocycles. The van der Waals surface area contributed by atoms with Crippen LogP contribution >= 0.6 is 0 Å². The van der Waals surface area contributed by atoms with Gasteiger partial charge in [0.05, 0.1) is 13.7 Å². The number of carbonyl (C=O) groups is 1. The van der Waals surface area contributed by atoms with Crippen molar-refractivity contribution in [2.24, 2.45) is 0 Å². The summed E-state index contributed by atoms with van der Waals surface area (Å²) in [5.74, 6) is 1.27. The average Bonchev–Trinajstić information content (AvgIpc) is 2.61. The Balaban J connectivity index is 1.69. The summed E-state index contributed by atoms with van der Waals surface area (Å²) in [5.41, 5.74) is 0. The highest BCUT2D eigenvalue weighted by Gasteiger charge is 2.14. The molecule has 0 saturated carbocycles. The largest absolute Gasteiger partial charge is 0.497 e. The lowest BCUT2D eigenvalue weighted by Gasteiger charge is -2.15. The van der Waals surface area contributed by atoms with Gasteiger partial charge in [-0.2, -0.15) is 0 Å². The first-order valence-corrected chi connectivity index (χ1v) is 7.55. The van der Waals surface area contributed by atoms with Gasteiger partial charge in [0.15, 0.2) is 6.10 Å². The van der Waals surface area contributed by atoms with Crippen molar-refractivity contribution in [3.63, 3.8) is 0 Å². The maximum absolute atomic E-state index is 12.8. The summed E-state index contributed by atoms with van der Waals surface area (Å²) in [4.78, 5) is 11.9. The van der Waals surface area contributed by atoms with E-state index in [0.717, 1.165) is 5.75 Å². The molecule has 5 nitrogen and oxygen atoms in total. The Morgan fingerprint density at radius 3 is 2.25 bits per heavy atom. The van der Waals surface area contributed by atoms with Crippen molar-refractivity contribution in [3.05, 3.63) is 54.3 Å². The van der Waals surface area contributed by atoms with E-state index in [-0.39, 0.29) is 11.7 Å². The van der Waals surface area contributed by atoms with Crippen LogP contribution in [0, 0.1) is 5.82 Å². The van der Waals surface area contributed by atoms with E-state index in [1.807, 2.05) is 0 Å². The van der Waals surface area contributed by atoms with Crippen molar-refractivity contribution >= 4 is 5.91 Å². The minimum Gasteiger partial charge on any atom is -0.497 e. The van der Waals surface area contributed by atoms with Crippen LogP contribution in [-0.4, -0.2) is 32.3 Å². The van der Waals surface area contributed by atoms with Gasteiger partial charge in [0.1, 0.15) is 29.7 Å². The fourth-order valence-corrected chi connectivity index (χ4v) is 1.93. The van der Waals surface area contributed by atoms with Gasteiger partial charge in [-0.25, -0.2) is 4.39 Å². The molecule has 0 unspecified atom stereocenters. The highest BCUT2D eigenvalue weighted by atomic mass is 19.1. The lowest BCUT2D eigenvalue weighted by atomic mass is 10.3. The van der Waals surface area contributed by atoms with Crippen LogP contribution in [0.1, 0.15) is 6.92 Å². The van der Waals surface area contributed by atoms with Crippen molar-refractivity contribution in [1.29, 1.82) is 0 Å². The number of nitrogens with one attached hydrogen (secondary N) is 1. The number of benzene rings is 2. The third-order valence-corrected chi connectivity index (χ3v) is 3.23. The van der Waals surface area contributed by atoms with Crippen LogP contribution in [0.4, 0.5) is 4.39 Å². The molecule has 1 atom stereocenters. The number of amides is 1. The lowest BCUT2D eigenvalue weighted by molar-refractivity contribution is -0.127. The first-order valence-electron chi connectivity index (χ1n) is 7.55. The molecule has 0 bridgehead atoms. The summed E-state index contributed by atoms with van der Waals surface area (Å²) in [6.45, 7) is 2.31. The van der Waals surface area contributed by atoms with E-state index in [9.17, 15) is 9.18 Å². The maximum atomic E-state index is 12.8. The van der Waals surface area contributed by atoms with Crippen LogP contribution in [0.2, 0.25) is 0 Å². The molecule has 0 fully saturated rings. The maximum Gasteiger partial charge on any atom is 0.260 e. The zero-order chi connectivity index (χ0) is 17.4. The number of hydrogen-bond donors (Lipinski definition) is 1. The van der Waals surface area contributed by atoms with Crippen LogP contribution in [0.5, 0.6) is 17.2 Å². The molecule has 0 heterocycles. The summed E-state index contributed by atoms with van der Waals surface area (Å²) in [6, 6.07) is 12.7. The summed E-state index contributed by atoms with van der Waals surface area (Å²) in [5, 5.41) is 2.72. The number of rotatable bonds is 8. The van der Waals surface area contributed by atoms with E-state index >= 15 is 0 Å². The van der Waals surface area contributed by atoms with E-state index in [2.05, 4.69) is 5.32 Å². The second kappa shape index (κ2) is 8.76. The fraction of sp³-hybridized carbons (Fsp3) is 0.278. The number of ether oxygens (including phenoxy) is 3. The molecule has 24 heavy (non-hydrogen) atoms. The van der Waals surface area contributed by atoms with E-state index in [4.69, 9.17) is 14.2 Å². The first kappa shape index (κ1) is 17.6. The molecule has 2 aromatic rings. The van der Waals surface area contributed by atoms with E-state index < -0.39 is 6.10 Å². The third kappa shape index (κ3) is 5.46. The highest BCUT2D eigenvalue weighted by molar-refractivity contribution is 5.80. The van der Waals surface area contributed by atoms with E-state index in [1.54, 1.807) is 38.3 Å². The molecule has 1 amide bonds. The van der Waals surface area contributed by atoms with E-state index in [1.165, 1.54) is 24.3 Å². The van der Waals surface area contributed by atoms with Crippen LogP contribution in [0.15, 0.2) is 48.5 Å². The molecule has 0 aromatic heterocycles. The minimum atomic E-state index is -0.684. The molecule has 0 aliphatic rings. The molecule has 2 rings (SSSR count). The van der Waals surface area contributed by atoms with Gasteiger partial charge in [-0.05, 0) is 55.5 Å². The molecule has 6 heteroatoms. The molecule has 1 N–H and O–H groups in total. The Hall–Kier alpha value is -2.76. The SMILES string of the molecule is COc1ccc(OCCNC(=O)[C@H](C)Oc2ccc(F)cc2)cc1. The van der Waals surface area contributed by atoms with Crippen molar-refractivity contribution in [1.82, 2.24) is 5.32 Å². The molecule has 0 saturated heterocycles. The Bertz CT molecular complexity index is 643. The fourth-order valence-electron chi connectivity index (χ4n) is 1.93. The predicted octanol–water partition coefficient (Wildman–Crippen LogP) is 2.80. The zero-order valence-electron chi connectivity index (χ0n) is 13.6. The Morgan fingerprint density at radius 1 is 1.04 bits per heavy atom. The lowest BCUT2D eigenvalue weighted by Crippen LogP contribution is -2.38. The molecule has 2 aromatic carbocycles. The summed E-state index contributed by atoms with van der Waals surface area (Å²) in [7, 11) is 1.60. The second-order valence-corrected chi connectivity index (χ2v) is 5.03. The van der Waals surface area contributed by atoms with Gasteiger partial charge in [-0.3, -0.25) is 4.79 Å². The predicted molar refractivity (Wildman–Crippen MR) is 88.0 cm³/mol. The minimum absolute atomic E-state index is 0.266. The number of halogens is 1. The number of hydrogen-bond acceptors (Lipinski definition) is 4. The summed E-state index contributed by atoms with van der Waals surface area (Å²) >= 11 is 0. The van der Waals surface area contributed by atoms with Crippen molar-refractivity contribution in [2.45, 2.75) is 13.0 Å². The third-order valence-electron chi connectivity index (χ3n) is 3.23. The topological polar surface area (TPSA) is 56.8 Å². The van der Waals surface area contributed by atoms with E-state index in [0.29, 0.717) is 24.7 Å². The Labute approximate surface area is 140 Å². The summed E-state index contributed by atoms with van der Waals surface area (Å²) in [6.07, 6.45) is -0.684. The number of methoxy groups -OCH3 is 1. The van der Waals surface area contributed by atoms with Gasteiger partial charge in [-0.1, -0.05) is 0 Å². The molecule has 0 aliphatic heterocycles.